The monoisotopic (exact) mass is 277 g/mol. The van der Waals surface area contributed by atoms with Crippen LogP contribution in [0.25, 0.3) is 0 Å². The first-order chi connectivity index (χ1) is 6.39. The Labute approximate surface area is 95.3 Å². The summed E-state index contributed by atoms with van der Waals surface area (Å²) in [6.45, 7) is 3.39. The number of halogens is 1. The van der Waals surface area contributed by atoms with Gasteiger partial charge in [-0.2, -0.15) is 0 Å². The third kappa shape index (κ3) is 3.40. The maximum Gasteiger partial charge on any atom is 0.251 e. The number of aliphatic hydroxyl groups is 1. The molecule has 0 spiro atoms. The largest absolute Gasteiger partial charge is 0.381 e. The fraction of sp³-hybridized carbons (Fsp3) is 0.444. The van der Waals surface area contributed by atoms with Crippen LogP contribution in [0.3, 0.4) is 0 Å². The van der Waals surface area contributed by atoms with Crippen molar-refractivity contribution in [3.8, 4) is 0 Å². The van der Waals surface area contributed by atoms with E-state index in [4.69, 9.17) is 0 Å². The SMILES string of the molecule is CC(C)(O)C(=O)NCc1ccc(Br)s1. The molecule has 0 aromatic carbocycles. The number of nitrogens with one attached hydrogen (secondary N) is 1. The van der Waals surface area contributed by atoms with Crippen molar-refractivity contribution >= 4 is 33.2 Å². The maximum absolute atomic E-state index is 11.3. The van der Waals surface area contributed by atoms with Crippen molar-refractivity contribution in [1.82, 2.24) is 5.32 Å². The molecule has 14 heavy (non-hydrogen) atoms. The average Bonchev–Trinajstić information content (AvgIpc) is 2.45. The summed E-state index contributed by atoms with van der Waals surface area (Å²) in [5, 5.41) is 12.0. The van der Waals surface area contributed by atoms with Crippen LogP contribution < -0.4 is 5.32 Å². The van der Waals surface area contributed by atoms with Crippen LogP contribution in [-0.2, 0) is 11.3 Å². The van der Waals surface area contributed by atoms with E-state index in [0.29, 0.717) is 6.54 Å². The molecule has 5 heteroatoms. The molecule has 1 rings (SSSR count). The molecule has 78 valence electrons. The van der Waals surface area contributed by atoms with E-state index in [1.165, 1.54) is 13.8 Å². The number of hydrogen-bond acceptors (Lipinski definition) is 3. The van der Waals surface area contributed by atoms with Gasteiger partial charge in [0.2, 0.25) is 0 Å². The summed E-state index contributed by atoms with van der Waals surface area (Å²) in [4.78, 5) is 12.3. The van der Waals surface area contributed by atoms with E-state index in [-0.39, 0.29) is 5.91 Å². The highest BCUT2D eigenvalue weighted by molar-refractivity contribution is 9.11. The molecule has 1 aromatic heterocycles. The third-order valence-corrected chi connectivity index (χ3v) is 3.23. The highest BCUT2D eigenvalue weighted by Gasteiger charge is 2.22. The number of carbonyl (C=O) groups excluding carboxylic acids is 1. The predicted molar refractivity (Wildman–Crippen MR) is 60.2 cm³/mol. The molecule has 0 saturated carbocycles. The highest BCUT2D eigenvalue weighted by atomic mass is 79.9. The van der Waals surface area contributed by atoms with Crippen molar-refractivity contribution in [2.45, 2.75) is 26.0 Å². The summed E-state index contributed by atoms with van der Waals surface area (Å²) in [6.07, 6.45) is 0. The molecule has 0 atom stereocenters. The molecule has 1 heterocycles. The summed E-state index contributed by atoms with van der Waals surface area (Å²) in [7, 11) is 0. The first-order valence-electron chi connectivity index (χ1n) is 4.14. The second-order valence-corrected chi connectivity index (χ2v) is 6.00. The average molecular weight is 278 g/mol. The highest BCUT2D eigenvalue weighted by Crippen LogP contribution is 2.21. The van der Waals surface area contributed by atoms with Crippen molar-refractivity contribution in [3.63, 3.8) is 0 Å². The molecule has 1 aromatic rings. The molecule has 0 fully saturated rings. The summed E-state index contributed by atoms with van der Waals surface area (Å²) >= 11 is 4.90. The number of rotatable bonds is 3. The molecule has 0 unspecified atom stereocenters. The van der Waals surface area contributed by atoms with E-state index in [9.17, 15) is 9.90 Å². The van der Waals surface area contributed by atoms with Gasteiger partial charge >= 0.3 is 0 Å². The molecule has 0 radical (unpaired) electrons. The minimum Gasteiger partial charge on any atom is -0.381 e. The quantitative estimate of drug-likeness (QED) is 0.887. The van der Waals surface area contributed by atoms with E-state index in [1.54, 1.807) is 11.3 Å². The third-order valence-electron chi connectivity index (χ3n) is 1.61. The van der Waals surface area contributed by atoms with Crippen LogP contribution in [0.2, 0.25) is 0 Å². The zero-order chi connectivity index (χ0) is 10.8. The molecule has 0 aliphatic rings. The van der Waals surface area contributed by atoms with Crippen LogP contribution in [0, 0.1) is 0 Å². The summed E-state index contributed by atoms with van der Waals surface area (Å²) in [5.41, 5.74) is -1.31. The molecule has 1 amide bonds. The second kappa shape index (κ2) is 4.42. The predicted octanol–water partition coefficient (Wildman–Crippen LogP) is 1.90. The zero-order valence-corrected chi connectivity index (χ0v) is 10.4. The Hall–Kier alpha value is -0.390. The van der Waals surface area contributed by atoms with Gasteiger partial charge in [-0.1, -0.05) is 0 Å². The first kappa shape index (κ1) is 11.7. The topological polar surface area (TPSA) is 49.3 Å². The fourth-order valence-electron chi connectivity index (χ4n) is 0.830. The molecule has 0 aliphatic heterocycles. The van der Waals surface area contributed by atoms with Crippen molar-refractivity contribution < 1.29 is 9.90 Å². The van der Waals surface area contributed by atoms with Crippen LogP contribution in [0.4, 0.5) is 0 Å². The molecular weight excluding hydrogens is 266 g/mol. The van der Waals surface area contributed by atoms with Gasteiger partial charge in [-0.25, -0.2) is 0 Å². The minimum atomic E-state index is -1.31. The van der Waals surface area contributed by atoms with Crippen LogP contribution in [-0.4, -0.2) is 16.6 Å². The number of amides is 1. The summed E-state index contributed by atoms with van der Waals surface area (Å²) < 4.78 is 1.03. The molecule has 3 nitrogen and oxygen atoms in total. The molecule has 2 N–H and O–H groups in total. The van der Waals surface area contributed by atoms with Crippen LogP contribution in [0.15, 0.2) is 15.9 Å². The number of thiophene rings is 1. The van der Waals surface area contributed by atoms with Gasteiger partial charge in [0.1, 0.15) is 5.60 Å². The van der Waals surface area contributed by atoms with E-state index >= 15 is 0 Å². The van der Waals surface area contributed by atoms with Crippen LogP contribution >= 0.6 is 27.3 Å². The fourth-order valence-corrected chi connectivity index (χ4v) is 2.25. The number of hydrogen-bond donors (Lipinski definition) is 2. The maximum atomic E-state index is 11.3. The minimum absolute atomic E-state index is 0.359. The Morgan fingerprint density at radius 3 is 2.71 bits per heavy atom. The Bertz CT molecular complexity index is 330. The van der Waals surface area contributed by atoms with Gasteiger partial charge < -0.3 is 10.4 Å². The lowest BCUT2D eigenvalue weighted by Gasteiger charge is -2.15. The van der Waals surface area contributed by atoms with E-state index in [2.05, 4.69) is 21.2 Å². The van der Waals surface area contributed by atoms with Gasteiger partial charge in [0, 0.05) is 4.88 Å². The molecule has 0 saturated heterocycles. The first-order valence-corrected chi connectivity index (χ1v) is 5.75. The van der Waals surface area contributed by atoms with Crippen LogP contribution in [0.1, 0.15) is 18.7 Å². The van der Waals surface area contributed by atoms with E-state index in [0.717, 1.165) is 8.66 Å². The van der Waals surface area contributed by atoms with Crippen molar-refractivity contribution in [3.05, 3.63) is 20.8 Å². The van der Waals surface area contributed by atoms with Gasteiger partial charge in [0.15, 0.2) is 0 Å². The van der Waals surface area contributed by atoms with Crippen LogP contribution in [0.5, 0.6) is 0 Å². The standard InChI is InChI=1S/C9H12BrNO2S/c1-9(2,13)8(12)11-5-6-3-4-7(10)14-6/h3-4,13H,5H2,1-2H3,(H,11,12). The molecule has 0 bridgehead atoms. The smallest absolute Gasteiger partial charge is 0.251 e. The Morgan fingerprint density at radius 2 is 2.29 bits per heavy atom. The van der Waals surface area contributed by atoms with Gasteiger partial charge in [-0.3, -0.25) is 4.79 Å². The van der Waals surface area contributed by atoms with Gasteiger partial charge in [-0.15, -0.1) is 11.3 Å². The van der Waals surface area contributed by atoms with Gasteiger partial charge in [0.05, 0.1) is 10.3 Å². The van der Waals surface area contributed by atoms with Crippen molar-refractivity contribution in [1.29, 1.82) is 0 Å². The summed E-state index contributed by atoms with van der Waals surface area (Å²) in [5.74, 6) is -0.359. The van der Waals surface area contributed by atoms with Crippen molar-refractivity contribution in [2.75, 3.05) is 0 Å². The van der Waals surface area contributed by atoms with Gasteiger partial charge in [-0.05, 0) is 41.9 Å². The second-order valence-electron chi connectivity index (χ2n) is 3.45. The Morgan fingerprint density at radius 1 is 1.64 bits per heavy atom. The van der Waals surface area contributed by atoms with E-state index in [1.807, 2.05) is 12.1 Å². The van der Waals surface area contributed by atoms with E-state index < -0.39 is 5.60 Å². The Balaban J connectivity index is 2.46. The summed E-state index contributed by atoms with van der Waals surface area (Å²) in [6, 6.07) is 3.86. The lowest BCUT2D eigenvalue weighted by atomic mass is 10.1. The van der Waals surface area contributed by atoms with Crippen molar-refractivity contribution in [2.24, 2.45) is 0 Å². The Kier molecular flexibility index (Phi) is 3.69. The normalized spacial score (nSPS) is 11.4. The zero-order valence-electron chi connectivity index (χ0n) is 8.00. The molecule has 0 aliphatic carbocycles. The number of carbonyl (C=O) groups is 1. The van der Waals surface area contributed by atoms with Gasteiger partial charge in [0.25, 0.3) is 5.91 Å². The molecular formula is C9H12BrNO2S. The lowest BCUT2D eigenvalue weighted by molar-refractivity contribution is -0.136. The lowest BCUT2D eigenvalue weighted by Crippen LogP contribution is -2.41.